The molecule has 14 heavy (non-hydrogen) atoms. The van der Waals surface area contributed by atoms with Crippen molar-refractivity contribution < 1.29 is 19.5 Å². The Kier molecular flexibility index (Phi) is 1.63. The van der Waals surface area contributed by atoms with Crippen molar-refractivity contribution in [3.63, 3.8) is 0 Å². The van der Waals surface area contributed by atoms with Gasteiger partial charge in [-0.05, 0) is 6.42 Å². The Morgan fingerprint density at radius 1 is 1.50 bits per heavy atom. The van der Waals surface area contributed by atoms with Crippen LogP contribution in [0.3, 0.4) is 0 Å². The quantitative estimate of drug-likeness (QED) is 0.392. The summed E-state index contributed by atoms with van der Waals surface area (Å²) in [5, 5.41) is 15.9. The van der Waals surface area contributed by atoms with Crippen molar-refractivity contribution in [3.05, 3.63) is 0 Å². The molecule has 4 N–H and O–H groups in total. The second-order valence-corrected chi connectivity index (χ2v) is 3.35. The molecule has 2 aliphatic rings. The molecule has 2 saturated heterocycles. The van der Waals surface area contributed by atoms with Crippen molar-refractivity contribution in [1.82, 2.24) is 16.0 Å². The van der Waals surface area contributed by atoms with Gasteiger partial charge in [0.25, 0.3) is 0 Å². The molecule has 0 aromatic carbocycles. The van der Waals surface area contributed by atoms with Gasteiger partial charge in [-0.2, -0.15) is 0 Å². The van der Waals surface area contributed by atoms with Crippen LogP contribution in [0, 0.1) is 0 Å². The van der Waals surface area contributed by atoms with Crippen LogP contribution in [0.5, 0.6) is 0 Å². The molecular weight excluding hydrogens is 190 g/mol. The lowest BCUT2D eigenvalue weighted by Crippen LogP contribution is -2.57. The Morgan fingerprint density at radius 2 is 2.21 bits per heavy atom. The molecule has 0 radical (unpaired) electrons. The smallest absolute Gasteiger partial charge is 0.329 e. The fourth-order valence-electron chi connectivity index (χ4n) is 1.88. The number of aliphatic carboxylic acids is 1. The number of hydrogen-bond donors (Lipinski definition) is 4. The summed E-state index contributed by atoms with van der Waals surface area (Å²) in [5.74, 6) is -1.65. The minimum atomic E-state index is -1.30. The summed E-state index contributed by atoms with van der Waals surface area (Å²) < 4.78 is 0. The molecule has 7 heteroatoms. The predicted molar refractivity (Wildman–Crippen MR) is 43.4 cm³/mol. The third-order valence-corrected chi connectivity index (χ3v) is 2.56. The number of carbonyl (C=O) groups is 3. The molecule has 2 aliphatic heterocycles. The first kappa shape index (κ1) is 8.79. The standard InChI is InChI=1S/C7H9N3O4/c11-4(12)3-7(10-6(14)9-3)1-2-8-5(7)13/h3H,1-2H2,(H,8,13)(H,11,12)(H2,9,10,14). The number of amides is 3. The van der Waals surface area contributed by atoms with E-state index in [-0.39, 0.29) is 0 Å². The highest BCUT2D eigenvalue weighted by Crippen LogP contribution is 2.24. The first-order chi connectivity index (χ1) is 6.56. The van der Waals surface area contributed by atoms with Crippen LogP contribution in [0.15, 0.2) is 0 Å². The minimum absolute atomic E-state index is 0.293. The van der Waals surface area contributed by atoms with Crippen LogP contribution in [0.1, 0.15) is 6.42 Å². The van der Waals surface area contributed by atoms with Gasteiger partial charge < -0.3 is 21.1 Å². The molecule has 1 spiro atoms. The Labute approximate surface area is 78.8 Å². The van der Waals surface area contributed by atoms with Crippen molar-refractivity contribution in [1.29, 1.82) is 0 Å². The first-order valence-corrected chi connectivity index (χ1v) is 4.16. The number of hydrogen-bond acceptors (Lipinski definition) is 3. The number of carbonyl (C=O) groups excluding carboxylic acids is 2. The summed E-state index contributed by atoms with van der Waals surface area (Å²) in [4.78, 5) is 33.2. The van der Waals surface area contributed by atoms with Gasteiger partial charge in [0.2, 0.25) is 5.91 Å². The van der Waals surface area contributed by atoms with E-state index in [2.05, 4.69) is 16.0 Å². The summed E-state index contributed by atoms with van der Waals surface area (Å²) >= 11 is 0. The van der Waals surface area contributed by atoms with Gasteiger partial charge in [0, 0.05) is 6.54 Å². The molecule has 0 aromatic heterocycles. The Bertz CT molecular complexity index is 329. The lowest BCUT2D eigenvalue weighted by molar-refractivity contribution is -0.143. The van der Waals surface area contributed by atoms with Crippen LogP contribution in [0.2, 0.25) is 0 Å². The van der Waals surface area contributed by atoms with Crippen LogP contribution in [-0.4, -0.2) is 41.1 Å². The SMILES string of the molecule is O=C1NC(C(=O)O)C2(CCNC2=O)N1. The lowest BCUT2D eigenvalue weighted by atomic mass is 9.90. The van der Waals surface area contributed by atoms with Crippen LogP contribution >= 0.6 is 0 Å². The zero-order valence-corrected chi connectivity index (χ0v) is 7.16. The molecule has 0 aliphatic carbocycles. The number of urea groups is 1. The Balaban J connectivity index is 2.36. The molecule has 2 rings (SSSR count). The molecule has 0 aromatic rings. The molecule has 2 fully saturated rings. The van der Waals surface area contributed by atoms with Crippen LogP contribution in [0.25, 0.3) is 0 Å². The molecule has 0 bridgehead atoms. The van der Waals surface area contributed by atoms with Crippen LogP contribution in [0.4, 0.5) is 4.79 Å². The van der Waals surface area contributed by atoms with E-state index in [1.54, 1.807) is 0 Å². The molecule has 7 nitrogen and oxygen atoms in total. The maximum atomic E-state index is 11.4. The summed E-state index contributed by atoms with van der Waals surface area (Å²) in [5.41, 5.74) is -1.30. The van der Waals surface area contributed by atoms with E-state index in [4.69, 9.17) is 5.11 Å². The summed E-state index contributed by atoms with van der Waals surface area (Å²) in [6.07, 6.45) is 0.293. The highest BCUT2D eigenvalue weighted by molar-refractivity contribution is 6.03. The summed E-state index contributed by atoms with van der Waals surface area (Å²) in [6.45, 7) is 0.380. The van der Waals surface area contributed by atoms with Gasteiger partial charge >= 0.3 is 12.0 Å². The zero-order chi connectivity index (χ0) is 10.3. The van der Waals surface area contributed by atoms with Gasteiger partial charge in [-0.25, -0.2) is 9.59 Å². The maximum absolute atomic E-state index is 11.4. The van der Waals surface area contributed by atoms with E-state index in [1.165, 1.54) is 0 Å². The molecule has 2 unspecified atom stereocenters. The van der Waals surface area contributed by atoms with Gasteiger partial charge in [0.15, 0.2) is 11.6 Å². The monoisotopic (exact) mass is 199 g/mol. The number of carboxylic acid groups (broad SMARTS) is 1. The van der Waals surface area contributed by atoms with Gasteiger partial charge in [-0.1, -0.05) is 0 Å². The van der Waals surface area contributed by atoms with E-state index in [0.717, 1.165) is 0 Å². The highest BCUT2D eigenvalue weighted by atomic mass is 16.4. The minimum Gasteiger partial charge on any atom is -0.480 e. The normalized spacial score (nSPS) is 35.3. The Hall–Kier alpha value is -1.79. The van der Waals surface area contributed by atoms with Crippen molar-refractivity contribution in [2.75, 3.05) is 6.54 Å². The van der Waals surface area contributed by atoms with Crippen molar-refractivity contribution in [2.45, 2.75) is 18.0 Å². The van der Waals surface area contributed by atoms with Gasteiger partial charge in [-0.15, -0.1) is 0 Å². The Morgan fingerprint density at radius 3 is 2.71 bits per heavy atom. The molecular formula is C7H9N3O4. The van der Waals surface area contributed by atoms with Crippen molar-refractivity contribution in [2.24, 2.45) is 0 Å². The van der Waals surface area contributed by atoms with E-state index in [0.29, 0.717) is 13.0 Å². The predicted octanol–water partition coefficient (Wildman–Crippen LogP) is -1.99. The third-order valence-electron chi connectivity index (χ3n) is 2.56. The average Bonchev–Trinajstić information content (AvgIpc) is 2.60. The van der Waals surface area contributed by atoms with E-state index < -0.39 is 29.5 Å². The topological polar surface area (TPSA) is 108 Å². The molecule has 2 atom stereocenters. The van der Waals surface area contributed by atoms with Gasteiger partial charge in [0.1, 0.15) is 0 Å². The summed E-state index contributed by atoms with van der Waals surface area (Å²) in [6, 6.07) is -1.80. The largest absolute Gasteiger partial charge is 0.480 e. The number of nitrogens with one attached hydrogen (secondary N) is 3. The molecule has 2 heterocycles. The van der Waals surface area contributed by atoms with E-state index in [9.17, 15) is 14.4 Å². The van der Waals surface area contributed by atoms with Crippen molar-refractivity contribution >= 4 is 17.9 Å². The van der Waals surface area contributed by atoms with E-state index >= 15 is 0 Å². The lowest BCUT2D eigenvalue weighted by Gasteiger charge is -2.22. The summed E-state index contributed by atoms with van der Waals surface area (Å²) in [7, 11) is 0. The molecule has 0 saturated carbocycles. The van der Waals surface area contributed by atoms with Crippen LogP contribution in [-0.2, 0) is 9.59 Å². The maximum Gasteiger partial charge on any atom is 0.329 e. The van der Waals surface area contributed by atoms with E-state index in [1.807, 2.05) is 0 Å². The average molecular weight is 199 g/mol. The number of rotatable bonds is 1. The molecule has 3 amide bonds. The third kappa shape index (κ3) is 0.949. The fraction of sp³-hybridized carbons (Fsp3) is 0.571. The molecule has 76 valence electrons. The van der Waals surface area contributed by atoms with Gasteiger partial charge in [-0.3, -0.25) is 4.79 Å². The zero-order valence-electron chi connectivity index (χ0n) is 7.16. The second kappa shape index (κ2) is 2.60. The fourth-order valence-corrected chi connectivity index (χ4v) is 1.88. The second-order valence-electron chi connectivity index (χ2n) is 3.35. The van der Waals surface area contributed by atoms with Crippen LogP contribution < -0.4 is 16.0 Å². The van der Waals surface area contributed by atoms with Gasteiger partial charge in [0.05, 0.1) is 0 Å². The number of carboxylic acids is 1. The first-order valence-electron chi connectivity index (χ1n) is 4.16. The van der Waals surface area contributed by atoms with Crippen molar-refractivity contribution in [3.8, 4) is 0 Å². The highest BCUT2D eigenvalue weighted by Gasteiger charge is 2.57.